The largest absolute Gasteiger partial charge is 0.399 e. The number of nitrogens with one attached hydrogen (secondary N) is 1. The summed E-state index contributed by atoms with van der Waals surface area (Å²) >= 11 is 0. The molecule has 4 nitrogen and oxygen atoms in total. The predicted octanol–water partition coefficient (Wildman–Crippen LogP) is 2.95. The fraction of sp³-hybridized carbons (Fsp3) is 0.562. The molecule has 1 saturated heterocycles. The van der Waals surface area contributed by atoms with Gasteiger partial charge in [0.15, 0.2) is 0 Å². The van der Waals surface area contributed by atoms with Crippen LogP contribution < -0.4 is 5.73 Å². The maximum absolute atomic E-state index is 5.81. The van der Waals surface area contributed by atoms with Crippen LogP contribution in [0.1, 0.15) is 38.9 Å². The number of aromatic amines is 1. The van der Waals surface area contributed by atoms with Gasteiger partial charge in [-0.3, -0.25) is 4.90 Å². The van der Waals surface area contributed by atoms with E-state index in [2.05, 4.69) is 28.7 Å². The summed E-state index contributed by atoms with van der Waals surface area (Å²) in [7, 11) is 0. The molecule has 20 heavy (non-hydrogen) atoms. The van der Waals surface area contributed by atoms with E-state index in [0.717, 1.165) is 41.6 Å². The van der Waals surface area contributed by atoms with Gasteiger partial charge in [0, 0.05) is 30.7 Å². The summed E-state index contributed by atoms with van der Waals surface area (Å²) in [6.45, 7) is 5.73. The topological polar surface area (TPSA) is 57.9 Å². The number of anilines is 1. The SMILES string of the molecule is CCC1CCC(C)N1CCc1nc2ccc(N)cc2[nH]1. The molecule has 2 heterocycles. The van der Waals surface area contributed by atoms with Crippen molar-refractivity contribution in [1.82, 2.24) is 14.9 Å². The van der Waals surface area contributed by atoms with Crippen LogP contribution >= 0.6 is 0 Å². The van der Waals surface area contributed by atoms with E-state index >= 15 is 0 Å². The Kier molecular flexibility index (Phi) is 3.66. The van der Waals surface area contributed by atoms with E-state index in [9.17, 15) is 0 Å². The highest BCUT2D eigenvalue weighted by molar-refractivity contribution is 5.78. The summed E-state index contributed by atoms with van der Waals surface area (Å²) in [4.78, 5) is 10.7. The molecule has 1 aromatic heterocycles. The number of likely N-dealkylation sites (tertiary alicyclic amines) is 1. The molecule has 0 saturated carbocycles. The highest BCUT2D eigenvalue weighted by Gasteiger charge is 2.28. The maximum atomic E-state index is 5.81. The molecule has 0 radical (unpaired) electrons. The van der Waals surface area contributed by atoms with Gasteiger partial charge in [-0.25, -0.2) is 4.98 Å². The molecule has 3 N–H and O–H groups in total. The number of nitrogens with two attached hydrogens (primary N) is 1. The van der Waals surface area contributed by atoms with E-state index < -0.39 is 0 Å². The fourth-order valence-corrected chi connectivity index (χ4v) is 3.40. The van der Waals surface area contributed by atoms with Crippen LogP contribution in [0.4, 0.5) is 5.69 Å². The van der Waals surface area contributed by atoms with Crippen molar-refractivity contribution in [3.05, 3.63) is 24.0 Å². The number of fused-ring (bicyclic) bond motifs is 1. The van der Waals surface area contributed by atoms with Crippen LogP contribution in [0.25, 0.3) is 11.0 Å². The van der Waals surface area contributed by atoms with Gasteiger partial charge in [-0.2, -0.15) is 0 Å². The average Bonchev–Trinajstić information content (AvgIpc) is 2.99. The quantitative estimate of drug-likeness (QED) is 0.841. The lowest BCUT2D eigenvalue weighted by atomic mass is 10.1. The molecule has 1 fully saturated rings. The van der Waals surface area contributed by atoms with Gasteiger partial charge in [-0.1, -0.05) is 6.92 Å². The third-order valence-corrected chi connectivity index (χ3v) is 4.59. The first-order valence-corrected chi connectivity index (χ1v) is 7.67. The van der Waals surface area contributed by atoms with Crippen molar-refractivity contribution >= 4 is 16.7 Å². The van der Waals surface area contributed by atoms with E-state index in [0.29, 0.717) is 6.04 Å². The predicted molar refractivity (Wildman–Crippen MR) is 83.7 cm³/mol. The summed E-state index contributed by atoms with van der Waals surface area (Å²) in [5, 5.41) is 0. The number of benzene rings is 1. The molecule has 0 bridgehead atoms. The second-order valence-electron chi connectivity index (χ2n) is 5.94. The first-order valence-electron chi connectivity index (χ1n) is 7.67. The Morgan fingerprint density at radius 3 is 3.05 bits per heavy atom. The van der Waals surface area contributed by atoms with Gasteiger partial charge >= 0.3 is 0 Å². The molecule has 3 rings (SSSR count). The molecule has 2 unspecified atom stereocenters. The number of nitrogen functional groups attached to an aromatic ring is 1. The van der Waals surface area contributed by atoms with Gasteiger partial charge < -0.3 is 10.7 Å². The minimum Gasteiger partial charge on any atom is -0.399 e. The van der Waals surface area contributed by atoms with Crippen LogP contribution in [0.15, 0.2) is 18.2 Å². The molecule has 2 atom stereocenters. The maximum Gasteiger partial charge on any atom is 0.108 e. The summed E-state index contributed by atoms with van der Waals surface area (Å²) in [5.41, 5.74) is 8.64. The number of hydrogen-bond acceptors (Lipinski definition) is 3. The van der Waals surface area contributed by atoms with E-state index in [1.165, 1.54) is 19.3 Å². The normalized spacial score (nSPS) is 23.7. The number of aromatic nitrogens is 2. The standard InChI is InChI=1S/C16H24N4/c1-3-13-6-4-11(2)20(13)9-8-16-18-14-7-5-12(17)10-15(14)19-16/h5,7,10-11,13H,3-4,6,8-9,17H2,1-2H3,(H,18,19). The average molecular weight is 272 g/mol. The summed E-state index contributed by atoms with van der Waals surface area (Å²) in [5.74, 6) is 1.07. The minimum atomic E-state index is 0.708. The lowest BCUT2D eigenvalue weighted by molar-refractivity contribution is 0.200. The van der Waals surface area contributed by atoms with Crippen LogP contribution in [0.2, 0.25) is 0 Å². The van der Waals surface area contributed by atoms with E-state index in [1.807, 2.05) is 18.2 Å². The van der Waals surface area contributed by atoms with Crippen LogP contribution in [-0.4, -0.2) is 33.5 Å². The molecule has 0 spiro atoms. The smallest absolute Gasteiger partial charge is 0.108 e. The van der Waals surface area contributed by atoms with E-state index in [4.69, 9.17) is 5.73 Å². The van der Waals surface area contributed by atoms with Crippen molar-refractivity contribution in [2.45, 2.75) is 51.6 Å². The summed E-state index contributed by atoms with van der Waals surface area (Å²) < 4.78 is 0. The van der Waals surface area contributed by atoms with Crippen LogP contribution in [-0.2, 0) is 6.42 Å². The van der Waals surface area contributed by atoms with Crippen molar-refractivity contribution in [2.24, 2.45) is 0 Å². The first-order chi connectivity index (χ1) is 9.67. The Balaban J connectivity index is 1.70. The van der Waals surface area contributed by atoms with E-state index in [1.54, 1.807) is 0 Å². The zero-order valence-electron chi connectivity index (χ0n) is 12.4. The summed E-state index contributed by atoms with van der Waals surface area (Å²) in [6.07, 6.45) is 4.90. The zero-order chi connectivity index (χ0) is 14.1. The number of rotatable bonds is 4. The Morgan fingerprint density at radius 2 is 2.25 bits per heavy atom. The number of hydrogen-bond donors (Lipinski definition) is 2. The molecular weight excluding hydrogens is 248 g/mol. The Hall–Kier alpha value is -1.55. The van der Waals surface area contributed by atoms with Crippen LogP contribution in [0.5, 0.6) is 0 Å². The molecule has 108 valence electrons. The molecule has 0 amide bonds. The number of H-pyrrole nitrogens is 1. The lowest BCUT2D eigenvalue weighted by Gasteiger charge is -2.27. The van der Waals surface area contributed by atoms with Crippen molar-refractivity contribution in [3.63, 3.8) is 0 Å². The Labute approximate surface area is 120 Å². The second-order valence-corrected chi connectivity index (χ2v) is 5.94. The van der Waals surface area contributed by atoms with Gasteiger partial charge in [0.25, 0.3) is 0 Å². The number of nitrogens with zero attached hydrogens (tertiary/aromatic N) is 2. The van der Waals surface area contributed by atoms with Crippen molar-refractivity contribution in [1.29, 1.82) is 0 Å². The highest BCUT2D eigenvalue weighted by Crippen LogP contribution is 2.26. The van der Waals surface area contributed by atoms with Gasteiger partial charge in [0.2, 0.25) is 0 Å². The van der Waals surface area contributed by atoms with Gasteiger partial charge in [0.1, 0.15) is 5.82 Å². The van der Waals surface area contributed by atoms with Crippen molar-refractivity contribution in [2.75, 3.05) is 12.3 Å². The third kappa shape index (κ3) is 2.52. The lowest BCUT2D eigenvalue weighted by Crippen LogP contribution is -2.35. The molecular formula is C16H24N4. The summed E-state index contributed by atoms with van der Waals surface area (Å²) in [6, 6.07) is 7.31. The third-order valence-electron chi connectivity index (χ3n) is 4.59. The van der Waals surface area contributed by atoms with Gasteiger partial charge in [-0.15, -0.1) is 0 Å². The van der Waals surface area contributed by atoms with Crippen LogP contribution in [0, 0.1) is 0 Å². The minimum absolute atomic E-state index is 0.708. The van der Waals surface area contributed by atoms with Gasteiger partial charge in [-0.05, 0) is 44.4 Å². The number of imidazole rings is 1. The first kappa shape index (κ1) is 13.4. The van der Waals surface area contributed by atoms with Gasteiger partial charge in [0.05, 0.1) is 11.0 Å². The molecule has 1 aliphatic rings. The van der Waals surface area contributed by atoms with Crippen LogP contribution in [0.3, 0.4) is 0 Å². The second kappa shape index (κ2) is 5.44. The Bertz CT molecular complexity index is 589. The molecule has 1 aliphatic heterocycles. The molecule has 0 aliphatic carbocycles. The highest BCUT2D eigenvalue weighted by atomic mass is 15.2. The fourth-order valence-electron chi connectivity index (χ4n) is 3.40. The van der Waals surface area contributed by atoms with E-state index in [-0.39, 0.29) is 0 Å². The van der Waals surface area contributed by atoms with Crippen molar-refractivity contribution in [3.8, 4) is 0 Å². The molecule has 2 aromatic rings. The molecule has 4 heteroatoms. The van der Waals surface area contributed by atoms with Crippen molar-refractivity contribution < 1.29 is 0 Å². The Morgan fingerprint density at radius 1 is 1.40 bits per heavy atom. The molecule has 1 aromatic carbocycles. The monoisotopic (exact) mass is 272 g/mol. The zero-order valence-corrected chi connectivity index (χ0v) is 12.4.